The maximum atomic E-state index is 13.2. The Balaban J connectivity index is 1.77. The van der Waals surface area contributed by atoms with Crippen molar-refractivity contribution in [3.63, 3.8) is 0 Å². The predicted octanol–water partition coefficient (Wildman–Crippen LogP) is 2.91. The SMILES string of the molecule is CC(NCCC1CCN(C)CC1)c1cc(F)ccc1O. The molecule has 0 aromatic heterocycles. The smallest absolute Gasteiger partial charge is 0.123 e. The van der Waals surface area contributed by atoms with Gasteiger partial charge in [-0.2, -0.15) is 0 Å². The van der Waals surface area contributed by atoms with Gasteiger partial charge in [0, 0.05) is 11.6 Å². The van der Waals surface area contributed by atoms with Gasteiger partial charge in [-0.25, -0.2) is 4.39 Å². The first-order valence-electron chi connectivity index (χ1n) is 7.46. The minimum atomic E-state index is -0.304. The molecule has 3 nitrogen and oxygen atoms in total. The molecule has 0 bridgehead atoms. The van der Waals surface area contributed by atoms with Crippen LogP contribution in [0.3, 0.4) is 0 Å². The van der Waals surface area contributed by atoms with E-state index < -0.39 is 0 Å². The van der Waals surface area contributed by atoms with E-state index in [0.717, 1.165) is 18.9 Å². The molecule has 0 radical (unpaired) electrons. The molecule has 1 saturated heterocycles. The second-order valence-corrected chi connectivity index (χ2v) is 5.91. The summed E-state index contributed by atoms with van der Waals surface area (Å²) in [4.78, 5) is 2.37. The van der Waals surface area contributed by atoms with E-state index in [2.05, 4.69) is 17.3 Å². The number of nitrogens with one attached hydrogen (secondary N) is 1. The molecule has 2 rings (SSSR count). The van der Waals surface area contributed by atoms with E-state index in [4.69, 9.17) is 0 Å². The number of likely N-dealkylation sites (tertiary alicyclic amines) is 1. The number of benzene rings is 1. The summed E-state index contributed by atoms with van der Waals surface area (Å²) in [6.45, 7) is 5.24. The highest BCUT2D eigenvalue weighted by Gasteiger charge is 2.17. The Morgan fingerprint density at radius 1 is 1.40 bits per heavy atom. The monoisotopic (exact) mass is 280 g/mol. The molecule has 2 N–H and O–H groups in total. The number of hydrogen-bond acceptors (Lipinski definition) is 3. The number of halogens is 1. The average molecular weight is 280 g/mol. The van der Waals surface area contributed by atoms with E-state index >= 15 is 0 Å². The minimum Gasteiger partial charge on any atom is -0.508 e. The van der Waals surface area contributed by atoms with Crippen LogP contribution in [0.25, 0.3) is 0 Å². The fourth-order valence-corrected chi connectivity index (χ4v) is 2.84. The lowest BCUT2D eigenvalue weighted by Crippen LogP contribution is -2.32. The first-order chi connectivity index (χ1) is 9.56. The number of phenols is 1. The predicted molar refractivity (Wildman–Crippen MR) is 79.3 cm³/mol. The molecule has 0 saturated carbocycles. The molecule has 1 aromatic carbocycles. The van der Waals surface area contributed by atoms with Gasteiger partial charge in [0.05, 0.1) is 0 Å². The minimum absolute atomic E-state index is 0.0306. The summed E-state index contributed by atoms with van der Waals surface area (Å²) in [5.41, 5.74) is 0.633. The van der Waals surface area contributed by atoms with Crippen LogP contribution in [0, 0.1) is 11.7 Å². The van der Waals surface area contributed by atoms with Crippen LogP contribution >= 0.6 is 0 Å². The summed E-state index contributed by atoms with van der Waals surface area (Å²) in [5, 5.41) is 13.2. The van der Waals surface area contributed by atoms with Crippen LogP contribution in [0.4, 0.5) is 4.39 Å². The Morgan fingerprint density at radius 3 is 2.80 bits per heavy atom. The van der Waals surface area contributed by atoms with Gasteiger partial charge in [0.25, 0.3) is 0 Å². The number of piperidine rings is 1. The highest BCUT2D eigenvalue weighted by Crippen LogP contribution is 2.25. The van der Waals surface area contributed by atoms with Crippen LogP contribution in [0.15, 0.2) is 18.2 Å². The van der Waals surface area contributed by atoms with Gasteiger partial charge in [0.1, 0.15) is 11.6 Å². The average Bonchev–Trinajstić information content (AvgIpc) is 2.43. The summed E-state index contributed by atoms with van der Waals surface area (Å²) in [6.07, 6.45) is 3.67. The molecule has 1 fully saturated rings. The third-order valence-electron chi connectivity index (χ3n) is 4.30. The molecule has 0 amide bonds. The van der Waals surface area contributed by atoms with Crippen LogP contribution < -0.4 is 5.32 Å². The maximum Gasteiger partial charge on any atom is 0.123 e. The molecule has 1 aliphatic heterocycles. The van der Waals surface area contributed by atoms with Crippen molar-refractivity contribution in [1.82, 2.24) is 10.2 Å². The molecule has 1 atom stereocenters. The molecule has 20 heavy (non-hydrogen) atoms. The third kappa shape index (κ3) is 4.18. The van der Waals surface area contributed by atoms with Crippen molar-refractivity contribution >= 4 is 0 Å². The van der Waals surface area contributed by atoms with E-state index in [0.29, 0.717) is 5.56 Å². The van der Waals surface area contributed by atoms with E-state index in [9.17, 15) is 9.50 Å². The quantitative estimate of drug-likeness (QED) is 0.870. The van der Waals surface area contributed by atoms with Gasteiger partial charge in [-0.3, -0.25) is 0 Å². The van der Waals surface area contributed by atoms with Gasteiger partial charge in [0.15, 0.2) is 0 Å². The van der Waals surface area contributed by atoms with Crippen LogP contribution in [-0.4, -0.2) is 36.7 Å². The number of aromatic hydroxyl groups is 1. The van der Waals surface area contributed by atoms with Crippen LogP contribution in [0.2, 0.25) is 0 Å². The van der Waals surface area contributed by atoms with Crippen molar-refractivity contribution in [2.75, 3.05) is 26.7 Å². The second kappa shape index (κ2) is 7.04. The van der Waals surface area contributed by atoms with Crippen LogP contribution in [0.5, 0.6) is 5.75 Å². The molecular weight excluding hydrogens is 255 g/mol. The Hall–Kier alpha value is -1.13. The molecular formula is C16H25FN2O. The Kier molecular flexibility index (Phi) is 5.38. The number of nitrogens with zero attached hydrogens (tertiary/aromatic N) is 1. The van der Waals surface area contributed by atoms with E-state index in [1.54, 1.807) is 0 Å². The van der Waals surface area contributed by atoms with Crippen LogP contribution in [-0.2, 0) is 0 Å². The Labute approximate surface area is 120 Å². The van der Waals surface area contributed by atoms with Crippen molar-refractivity contribution in [2.45, 2.75) is 32.2 Å². The molecule has 1 aromatic rings. The van der Waals surface area contributed by atoms with E-state index in [1.807, 2.05) is 6.92 Å². The van der Waals surface area contributed by atoms with Gasteiger partial charge in [-0.1, -0.05) is 0 Å². The van der Waals surface area contributed by atoms with Gasteiger partial charge < -0.3 is 15.3 Å². The summed E-state index contributed by atoms with van der Waals surface area (Å²) < 4.78 is 13.2. The molecule has 1 heterocycles. The van der Waals surface area contributed by atoms with E-state index in [-0.39, 0.29) is 17.6 Å². The third-order valence-corrected chi connectivity index (χ3v) is 4.30. The fraction of sp³-hybridized carbons (Fsp3) is 0.625. The highest BCUT2D eigenvalue weighted by atomic mass is 19.1. The molecule has 112 valence electrons. The zero-order valence-electron chi connectivity index (χ0n) is 12.4. The zero-order valence-corrected chi connectivity index (χ0v) is 12.4. The van der Waals surface area contributed by atoms with Crippen molar-refractivity contribution in [3.05, 3.63) is 29.6 Å². The number of phenolic OH excluding ortho intramolecular Hbond substituents is 1. The fourth-order valence-electron chi connectivity index (χ4n) is 2.84. The largest absolute Gasteiger partial charge is 0.508 e. The number of rotatable bonds is 5. The summed E-state index contributed by atoms with van der Waals surface area (Å²) in [5.74, 6) is 0.638. The second-order valence-electron chi connectivity index (χ2n) is 5.91. The Bertz CT molecular complexity index is 430. The lowest BCUT2D eigenvalue weighted by Gasteiger charge is -2.29. The molecule has 0 aliphatic carbocycles. The van der Waals surface area contributed by atoms with Crippen molar-refractivity contribution < 1.29 is 9.50 Å². The van der Waals surface area contributed by atoms with Gasteiger partial charge in [0.2, 0.25) is 0 Å². The van der Waals surface area contributed by atoms with E-state index in [1.165, 1.54) is 44.1 Å². The van der Waals surface area contributed by atoms with Crippen molar-refractivity contribution in [2.24, 2.45) is 5.92 Å². The normalized spacial score (nSPS) is 19.1. The lowest BCUT2D eigenvalue weighted by molar-refractivity contribution is 0.210. The summed E-state index contributed by atoms with van der Waals surface area (Å²) in [6, 6.07) is 4.07. The molecule has 0 spiro atoms. The van der Waals surface area contributed by atoms with Crippen LogP contribution in [0.1, 0.15) is 37.8 Å². The molecule has 4 heteroatoms. The molecule has 1 aliphatic rings. The first-order valence-corrected chi connectivity index (χ1v) is 7.46. The summed E-state index contributed by atoms with van der Waals surface area (Å²) >= 11 is 0. The number of hydrogen-bond donors (Lipinski definition) is 2. The molecule has 1 unspecified atom stereocenters. The topological polar surface area (TPSA) is 35.5 Å². The van der Waals surface area contributed by atoms with Crippen molar-refractivity contribution in [3.8, 4) is 5.75 Å². The standard InChI is InChI=1S/C16H25FN2O/c1-12(15-11-14(17)3-4-16(15)20)18-8-5-13-6-9-19(2)10-7-13/h3-4,11-13,18,20H,5-10H2,1-2H3. The van der Waals surface area contributed by atoms with Crippen molar-refractivity contribution in [1.29, 1.82) is 0 Å². The summed E-state index contributed by atoms with van der Waals surface area (Å²) in [7, 11) is 2.17. The lowest BCUT2D eigenvalue weighted by atomic mass is 9.93. The van der Waals surface area contributed by atoms with Gasteiger partial charge in [-0.05, 0) is 77.0 Å². The van der Waals surface area contributed by atoms with Gasteiger partial charge >= 0.3 is 0 Å². The first kappa shape index (κ1) is 15.3. The highest BCUT2D eigenvalue weighted by molar-refractivity contribution is 5.34. The van der Waals surface area contributed by atoms with Gasteiger partial charge in [-0.15, -0.1) is 0 Å². The zero-order chi connectivity index (χ0) is 14.5. The Morgan fingerprint density at radius 2 is 2.10 bits per heavy atom. The maximum absolute atomic E-state index is 13.2.